The second kappa shape index (κ2) is 8.87. The number of hydrogen-bond acceptors (Lipinski definition) is 4. The average Bonchev–Trinajstić information content (AvgIpc) is 3.38. The second-order valence-electron chi connectivity index (χ2n) is 8.61. The maximum atomic E-state index is 6.73. The first-order chi connectivity index (χ1) is 15.6. The highest BCUT2D eigenvalue weighted by Crippen LogP contribution is 2.33. The van der Waals surface area contributed by atoms with E-state index in [0.29, 0.717) is 5.92 Å². The molecule has 32 heavy (non-hydrogen) atoms. The van der Waals surface area contributed by atoms with E-state index in [1.54, 1.807) is 13.4 Å². The molecule has 0 atom stereocenters. The van der Waals surface area contributed by atoms with Crippen LogP contribution in [0.1, 0.15) is 43.5 Å². The second-order valence-corrected chi connectivity index (χ2v) is 8.96. The van der Waals surface area contributed by atoms with Gasteiger partial charge in [0.05, 0.1) is 36.2 Å². The van der Waals surface area contributed by atoms with E-state index in [1.165, 1.54) is 32.1 Å². The minimum Gasteiger partial charge on any atom is -0.494 e. The van der Waals surface area contributed by atoms with E-state index in [2.05, 4.69) is 10.3 Å². The molecule has 6 nitrogen and oxygen atoms in total. The van der Waals surface area contributed by atoms with Crippen LogP contribution in [0.4, 0.5) is 11.4 Å². The predicted octanol–water partition coefficient (Wildman–Crippen LogP) is 6.36. The van der Waals surface area contributed by atoms with Crippen molar-refractivity contribution in [1.29, 1.82) is 0 Å². The molecule has 3 heterocycles. The molecule has 0 bridgehead atoms. The molecule has 0 aliphatic heterocycles. The topological polar surface area (TPSA) is 56.4 Å². The monoisotopic (exact) mass is 449 g/mol. The summed E-state index contributed by atoms with van der Waals surface area (Å²) in [4.78, 5) is 9.25. The number of nitrogens with zero attached hydrogens (tertiary/aromatic N) is 4. The lowest BCUT2D eigenvalue weighted by Crippen LogP contribution is -2.09. The highest BCUT2D eigenvalue weighted by Gasteiger charge is 2.20. The van der Waals surface area contributed by atoms with Crippen molar-refractivity contribution in [2.75, 3.05) is 12.4 Å². The first-order valence-corrected chi connectivity index (χ1v) is 11.6. The van der Waals surface area contributed by atoms with Crippen LogP contribution in [0.3, 0.4) is 0 Å². The molecule has 1 aromatic carbocycles. The summed E-state index contributed by atoms with van der Waals surface area (Å²) in [5, 5.41) is 4.22. The Morgan fingerprint density at radius 2 is 2.03 bits per heavy atom. The number of aryl methyl sites for hydroxylation is 1. The molecule has 0 spiro atoms. The number of ether oxygens (including phenoxy) is 1. The first-order valence-electron chi connectivity index (χ1n) is 11.2. The summed E-state index contributed by atoms with van der Waals surface area (Å²) in [5.74, 6) is 1.45. The van der Waals surface area contributed by atoms with Crippen molar-refractivity contribution >= 4 is 28.6 Å². The summed E-state index contributed by atoms with van der Waals surface area (Å²) < 4.78 is 9.59. The van der Waals surface area contributed by atoms with E-state index < -0.39 is 0 Å². The molecule has 1 N–H and O–H groups in total. The summed E-state index contributed by atoms with van der Waals surface area (Å²) in [5.41, 5.74) is 5.57. The molecule has 7 heteroatoms. The Kier molecular flexibility index (Phi) is 5.79. The number of imidazole rings is 2. The number of aromatic nitrogens is 4. The van der Waals surface area contributed by atoms with Crippen LogP contribution in [0.2, 0.25) is 5.15 Å². The average molecular weight is 450 g/mol. The minimum absolute atomic E-state index is 0.686. The lowest BCUT2D eigenvalue weighted by molar-refractivity contribution is 0.355. The van der Waals surface area contributed by atoms with Crippen molar-refractivity contribution in [3.05, 3.63) is 65.6 Å². The van der Waals surface area contributed by atoms with Crippen molar-refractivity contribution in [3.63, 3.8) is 0 Å². The van der Waals surface area contributed by atoms with E-state index >= 15 is 0 Å². The molecule has 1 aliphatic carbocycles. The van der Waals surface area contributed by atoms with Crippen LogP contribution in [0, 0.1) is 12.8 Å². The van der Waals surface area contributed by atoms with Crippen LogP contribution in [-0.2, 0) is 6.42 Å². The molecule has 166 valence electrons. The predicted molar refractivity (Wildman–Crippen MR) is 129 cm³/mol. The van der Waals surface area contributed by atoms with E-state index in [9.17, 15) is 0 Å². The molecule has 1 fully saturated rings. The lowest BCUT2D eigenvalue weighted by Gasteiger charge is -2.20. The van der Waals surface area contributed by atoms with Gasteiger partial charge in [-0.05, 0) is 43.5 Å². The Balaban J connectivity index is 1.44. The summed E-state index contributed by atoms with van der Waals surface area (Å²) in [6, 6.07) is 10.1. The van der Waals surface area contributed by atoms with Gasteiger partial charge in [0, 0.05) is 24.1 Å². The van der Waals surface area contributed by atoms with Crippen molar-refractivity contribution in [3.8, 4) is 11.4 Å². The van der Waals surface area contributed by atoms with Crippen LogP contribution < -0.4 is 10.1 Å². The third-order valence-corrected chi connectivity index (χ3v) is 6.71. The summed E-state index contributed by atoms with van der Waals surface area (Å²) >= 11 is 6.73. The summed E-state index contributed by atoms with van der Waals surface area (Å²) in [6.07, 6.45) is 13.2. The Morgan fingerprint density at radius 3 is 2.78 bits per heavy atom. The number of pyridine rings is 1. The van der Waals surface area contributed by atoms with E-state index in [-0.39, 0.29) is 0 Å². The number of nitrogens with one attached hydrogen (secondary N) is 1. The molecule has 0 amide bonds. The number of anilines is 2. The van der Waals surface area contributed by atoms with E-state index in [0.717, 1.165) is 51.4 Å². The number of hydrogen-bond donors (Lipinski definition) is 1. The fourth-order valence-corrected chi connectivity index (χ4v) is 4.91. The highest BCUT2D eigenvalue weighted by atomic mass is 35.5. The molecule has 0 radical (unpaired) electrons. The molecule has 0 saturated heterocycles. The Bertz CT molecular complexity index is 1240. The van der Waals surface area contributed by atoms with Crippen LogP contribution in [0.25, 0.3) is 11.3 Å². The molecule has 1 aliphatic rings. The van der Waals surface area contributed by atoms with Crippen molar-refractivity contribution in [1.82, 2.24) is 18.9 Å². The maximum Gasteiger partial charge on any atom is 0.162 e. The normalized spacial score (nSPS) is 14.7. The van der Waals surface area contributed by atoms with Gasteiger partial charge in [-0.25, -0.2) is 9.97 Å². The first kappa shape index (κ1) is 20.9. The van der Waals surface area contributed by atoms with E-state index in [4.69, 9.17) is 21.3 Å². The molecular weight excluding hydrogens is 422 g/mol. The number of fused-ring (bicyclic) bond motifs is 1. The van der Waals surface area contributed by atoms with Crippen LogP contribution in [-0.4, -0.2) is 26.0 Å². The number of benzene rings is 1. The fraction of sp³-hybridized carbons (Fsp3) is 0.360. The van der Waals surface area contributed by atoms with Gasteiger partial charge in [-0.1, -0.05) is 43.7 Å². The minimum atomic E-state index is 0.686. The quantitative estimate of drug-likeness (QED) is 0.372. The van der Waals surface area contributed by atoms with Crippen molar-refractivity contribution in [2.45, 2.75) is 45.4 Å². The van der Waals surface area contributed by atoms with Crippen LogP contribution in [0.5, 0.6) is 5.75 Å². The maximum absolute atomic E-state index is 6.73. The highest BCUT2D eigenvalue weighted by molar-refractivity contribution is 6.30. The lowest BCUT2D eigenvalue weighted by atomic mass is 9.86. The number of rotatable bonds is 6. The van der Waals surface area contributed by atoms with Gasteiger partial charge in [-0.3, -0.25) is 4.40 Å². The van der Waals surface area contributed by atoms with Gasteiger partial charge in [0.15, 0.2) is 5.65 Å². The largest absolute Gasteiger partial charge is 0.494 e. The standard InChI is InChI=1S/C25H28ClN5O/c1-17-15-30(16-27-17)22-11-10-19(14-23(22)32-2)28-20-9-6-12-31-24(26)21(29-25(20)31)13-18-7-4-3-5-8-18/h6,9-12,14-16,18,28H,3-5,7-8,13H2,1-2H3. The van der Waals surface area contributed by atoms with Gasteiger partial charge in [-0.15, -0.1) is 0 Å². The van der Waals surface area contributed by atoms with Gasteiger partial charge in [0.25, 0.3) is 0 Å². The Hall–Kier alpha value is -2.99. The third-order valence-electron chi connectivity index (χ3n) is 6.31. The van der Waals surface area contributed by atoms with Crippen LogP contribution in [0.15, 0.2) is 49.1 Å². The Morgan fingerprint density at radius 1 is 1.19 bits per heavy atom. The SMILES string of the molecule is COc1cc(Nc2cccn3c(Cl)c(CC4CCCCC4)nc23)ccc1-n1cnc(C)c1. The van der Waals surface area contributed by atoms with Crippen LogP contribution >= 0.6 is 11.6 Å². The molecular formula is C25H28ClN5O. The van der Waals surface area contributed by atoms with Gasteiger partial charge in [0.1, 0.15) is 10.9 Å². The van der Waals surface area contributed by atoms with Gasteiger partial charge in [0.2, 0.25) is 0 Å². The van der Waals surface area contributed by atoms with Gasteiger partial charge < -0.3 is 14.6 Å². The van der Waals surface area contributed by atoms with Crippen molar-refractivity contribution in [2.24, 2.45) is 5.92 Å². The number of halogens is 1. The van der Waals surface area contributed by atoms with Crippen molar-refractivity contribution < 1.29 is 4.74 Å². The summed E-state index contributed by atoms with van der Waals surface area (Å²) in [6.45, 7) is 1.97. The Labute approximate surface area is 193 Å². The smallest absolute Gasteiger partial charge is 0.162 e. The zero-order chi connectivity index (χ0) is 22.1. The molecule has 3 aromatic heterocycles. The van der Waals surface area contributed by atoms with Gasteiger partial charge in [-0.2, -0.15) is 0 Å². The zero-order valence-electron chi connectivity index (χ0n) is 18.5. The molecule has 5 rings (SSSR count). The third kappa shape index (κ3) is 4.07. The fourth-order valence-electron chi connectivity index (χ4n) is 4.66. The zero-order valence-corrected chi connectivity index (χ0v) is 19.3. The van der Waals surface area contributed by atoms with E-state index in [1.807, 2.05) is 58.6 Å². The summed E-state index contributed by atoms with van der Waals surface area (Å²) in [7, 11) is 1.68. The molecule has 1 saturated carbocycles. The van der Waals surface area contributed by atoms with Gasteiger partial charge >= 0.3 is 0 Å². The number of methoxy groups -OCH3 is 1. The molecule has 4 aromatic rings. The molecule has 0 unspecified atom stereocenters.